The van der Waals surface area contributed by atoms with Gasteiger partial charge in [-0.15, -0.1) is 0 Å². The van der Waals surface area contributed by atoms with E-state index in [4.69, 9.17) is 0 Å². The predicted octanol–water partition coefficient (Wildman–Crippen LogP) is 1.61. The van der Waals surface area contributed by atoms with Gasteiger partial charge in [0.25, 0.3) is 0 Å². The van der Waals surface area contributed by atoms with Crippen LogP contribution in [0.25, 0.3) is 0 Å². The molecule has 0 radical (unpaired) electrons. The molecule has 0 spiro atoms. The molecule has 1 aromatic rings. The molecular formula is C10H12FNO2S2. The summed E-state index contributed by atoms with van der Waals surface area (Å²) >= 11 is 1.73. The first-order valence-electron chi connectivity index (χ1n) is 4.93. The molecule has 1 atom stereocenters. The standard InChI is InChI=1S/C10H12FNO2S2/c11-8-1-3-10(4-2-8)16(13,14)12-9-5-6-15-7-9/h1-4,9,12H,5-7H2. The molecule has 0 aromatic heterocycles. The highest BCUT2D eigenvalue weighted by Gasteiger charge is 2.22. The Morgan fingerprint density at radius 3 is 2.56 bits per heavy atom. The van der Waals surface area contributed by atoms with Gasteiger partial charge in [0.05, 0.1) is 4.90 Å². The number of hydrogen-bond donors (Lipinski definition) is 1. The van der Waals surface area contributed by atoms with E-state index in [2.05, 4.69) is 4.72 Å². The lowest BCUT2D eigenvalue weighted by Gasteiger charge is -2.11. The lowest BCUT2D eigenvalue weighted by molar-refractivity contribution is 0.562. The maximum absolute atomic E-state index is 12.7. The fourth-order valence-corrected chi connectivity index (χ4v) is 4.06. The average Bonchev–Trinajstić information content (AvgIpc) is 2.70. The second-order valence-electron chi connectivity index (χ2n) is 3.64. The van der Waals surface area contributed by atoms with Crippen LogP contribution in [0.4, 0.5) is 4.39 Å². The van der Waals surface area contributed by atoms with Crippen LogP contribution in [0.5, 0.6) is 0 Å². The summed E-state index contributed by atoms with van der Waals surface area (Å²) in [5, 5.41) is 0. The van der Waals surface area contributed by atoms with Gasteiger partial charge < -0.3 is 0 Å². The van der Waals surface area contributed by atoms with Crippen molar-refractivity contribution in [3.8, 4) is 0 Å². The van der Waals surface area contributed by atoms with Crippen molar-refractivity contribution in [2.24, 2.45) is 0 Å². The minimum atomic E-state index is -3.49. The summed E-state index contributed by atoms with van der Waals surface area (Å²) in [6, 6.07) is 4.86. The van der Waals surface area contributed by atoms with Gasteiger partial charge in [-0.3, -0.25) is 0 Å². The van der Waals surface area contributed by atoms with Gasteiger partial charge in [0.2, 0.25) is 10.0 Å². The molecular weight excluding hydrogens is 249 g/mol. The Hall–Kier alpha value is -0.590. The van der Waals surface area contributed by atoms with Crippen molar-refractivity contribution in [3.05, 3.63) is 30.1 Å². The van der Waals surface area contributed by atoms with Crippen LogP contribution in [0.15, 0.2) is 29.2 Å². The molecule has 88 valence electrons. The predicted molar refractivity (Wildman–Crippen MR) is 62.5 cm³/mol. The van der Waals surface area contributed by atoms with Gasteiger partial charge in [-0.05, 0) is 36.4 Å². The van der Waals surface area contributed by atoms with Crippen LogP contribution in [-0.4, -0.2) is 26.0 Å². The number of sulfonamides is 1. The van der Waals surface area contributed by atoms with Crippen molar-refractivity contribution >= 4 is 21.8 Å². The topological polar surface area (TPSA) is 46.2 Å². The lowest BCUT2D eigenvalue weighted by atomic mass is 10.3. The van der Waals surface area contributed by atoms with Gasteiger partial charge in [0.1, 0.15) is 5.82 Å². The molecule has 0 amide bonds. The third-order valence-electron chi connectivity index (χ3n) is 2.38. The van der Waals surface area contributed by atoms with E-state index in [-0.39, 0.29) is 10.9 Å². The molecule has 1 saturated heterocycles. The summed E-state index contributed by atoms with van der Waals surface area (Å²) < 4.78 is 39.0. The number of nitrogens with one attached hydrogen (secondary N) is 1. The van der Waals surface area contributed by atoms with Crippen LogP contribution in [0.1, 0.15) is 6.42 Å². The largest absolute Gasteiger partial charge is 0.240 e. The maximum Gasteiger partial charge on any atom is 0.240 e. The van der Waals surface area contributed by atoms with Gasteiger partial charge in [0, 0.05) is 11.8 Å². The van der Waals surface area contributed by atoms with E-state index < -0.39 is 15.8 Å². The summed E-state index contributed by atoms with van der Waals surface area (Å²) in [4.78, 5) is 0.116. The average molecular weight is 261 g/mol. The first-order chi connectivity index (χ1) is 7.58. The lowest BCUT2D eigenvalue weighted by Crippen LogP contribution is -2.34. The maximum atomic E-state index is 12.7. The van der Waals surface area contributed by atoms with E-state index in [1.54, 1.807) is 11.8 Å². The van der Waals surface area contributed by atoms with Crippen molar-refractivity contribution in [3.63, 3.8) is 0 Å². The number of hydrogen-bond acceptors (Lipinski definition) is 3. The SMILES string of the molecule is O=S(=O)(NC1CCSC1)c1ccc(F)cc1. The first-order valence-corrected chi connectivity index (χ1v) is 7.57. The zero-order chi connectivity index (χ0) is 11.6. The van der Waals surface area contributed by atoms with Crippen LogP contribution in [0, 0.1) is 5.82 Å². The molecule has 0 saturated carbocycles. The molecule has 1 aromatic carbocycles. The minimum Gasteiger partial charge on any atom is -0.207 e. The molecule has 3 nitrogen and oxygen atoms in total. The third kappa shape index (κ3) is 2.75. The van der Waals surface area contributed by atoms with Crippen molar-refractivity contribution in [1.82, 2.24) is 4.72 Å². The normalized spacial score (nSPS) is 21.2. The van der Waals surface area contributed by atoms with Crippen LogP contribution >= 0.6 is 11.8 Å². The summed E-state index contributed by atoms with van der Waals surface area (Å²) in [6.45, 7) is 0. The zero-order valence-corrected chi connectivity index (χ0v) is 10.2. The van der Waals surface area contributed by atoms with E-state index in [0.717, 1.165) is 30.1 Å². The van der Waals surface area contributed by atoms with Gasteiger partial charge >= 0.3 is 0 Å². The summed E-state index contributed by atoms with van der Waals surface area (Å²) in [7, 11) is -3.49. The number of halogens is 1. The van der Waals surface area contributed by atoms with Crippen molar-refractivity contribution in [1.29, 1.82) is 0 Å². The molecule has 1 fully saturated rings. The Kier molecular flexibility index (Phi) is 3.51. The summed E-state index contributed by atoms with van der Waals surface area (Å²) in [5.41, 5.74) is 0. The summed E-state index contributed by atoms with van der Waals surface area (Å²) in [5.74, 6) is 1.35. The molecule has 1 aliphatic heterocycles. The van der Waals surface area contributed by atoms with Crippen molar-refractivity contribution in [2.45, 2.75) is 17.4 Å². The number of rotatable bonds is 3. The molecule has 1 heterocycles. The molecule has 1 N–H and O–H groups in total. The molecule has 1 unspecified atom stereocenters. The van der Waals surface area contributed by atoms with Gasteiger partial charge in [-0.2, -0.15) is 11.8 Å². The third-order valence-corrected chi connectivity index (χ3v) is 5.07. The Morgan fingerprint density at radius 2 is 2.00 bits per heavy atom. The zero-order valence-electron chi connectivity index (χ0n) is 8.52. The molecule has 0 bridgehead atoms. The van der Waals surface area contributed by atoms with Crippen LogP contribution in [-0.2, 0) is 10.0 Å². The van der Waals surface area contributed by atoms with Gasteiger partial charge in [-0.25, -0.2) is 17.5 Å². The second-order valence-corrected chi connectivity index (χ2v) is 6.50. The second kappa shape index (κ2) is 4.73. The Balaban J connectivity index is 2.14. The highest BCUT2D eigenvalue weighted by molar-refractivity contribution is 7.99. The Labute approximate surface area is 98.5 Å². The van der Waals surface area contributed by atoms with Crippen molar-refractivity contribution in [2.75, 3.05) is 11.5 Å². The Morgan fingerprint density at radius 1 is 1.31 bits per heavy atom. The molecule has 1 aliphatic rings. The van der Waals surface area contributed by atoms with E-state index in [1.165, 1.54) is 12.1 Å². The molecule has 0 aliphatic carbocycles. The number of thioether (sulfide) groups is 1. The fraction of sp³-hybridized carbons (Fsp3) is 0.400. The first kappa shape index (κ1) is 11.9. The van der Waals surface area contributed by atoms with Crippen molar-refractivity contribution < 1.29 is 12.8 Å². The smallest absolute Gasteiger partial charge is 0.207 e. The van der Waals surface area contributed by atoms with Crippen LogP contribution in [0.3, 0.4) is 0 Å². The van der Waals surface area contributed by atoms with Crippen LogP contribution in [0.2, 0.25) is 0 Å². The molecule has 2 rings (SSSR count). The Bertz CT molecular complexity index is 452. The highest BCUT2D eigenvalue weighted by atomic mass is 32.2. The molecule has 16 heavy (non-hydrogen) atoms. The summed E-state index contributed by atoms with van der Waals surface area (Å²) in [6.07, 6.45) is 0.852. The van der Waals surface area contributed by atoms with Gasteiger partial charge in [-0.1, -0.05) is 0 Å². The fourth-order valence-electron chi connectivity index (χ4n) is 1.53. The van der Waals surface area contributed by atoms with E-state index in [1.807, 2.05) is 0 Å². The number of benzene rings is 1. The minimum absolute atomic E-state index is 0.0000491. The molecule has 6 heteroatoms. The van der Waals surface area contributed by atoms with Crippen LogP contribution < -0.4 is 4.72 Å². The quantitative estimate of drug-likeness (QED) is 0.899. The van der Waals surface area contributed by atoms with E-state index in [9.17, 15) is 12.8 Å². The van der Waals surface area contributed by atoms with E-state index in [0.29, 0.717) is 0 Å². The highest BCUT2D eigenvalue weighted by Crippen LogP contribution is 2.19. The monoisotopic (exact) mass is 261 g/mol. The van der Waals surface area contributed by atoms with E-state index >= 15 is 0 Å². The van der Waals surface area contributed by atoms with Gasteiger partial charge in [0.15, 0.2) is 0 Å².